The van der Waals surface area contributed by atoms with Gasteiger partial charge in [-0.3, -0.25) is 14.5 Å². The van der Waals surface area contributed by atoms with E-state index in [0.717, 1.165) is 25.1 Å². The number of carbonyl (C=O) groups is 2. The Kier molecular flexibility index (Phi) is 7.21. The quantitative estimate of drug-likeness (QED) is 0.613. The maximum Gasteiger partial charge on any atom is 0.416 e. The first-order valence-corrected chi connectivity index (χ1v) is 11.4. The van der Waals surface area contributed by atoms with Gasteiger partial charge in [-0.05, 0) is 30.2 Å². The number of hydrogen-bond acceptors (Lipinski definition) is 3. The van der Waals surface area contributed by atoms with E-state index in [2.05, 4.69) is 4.90 Å². The van der Waals surface area contributed by atoms with Crippen LogP contribution >= 0.6 is 0 Å². The van der Waals surface area contributed by atoms with Crippen LogP contribution in [0.4, 0.5) is 17.6 Å². The summed E-state index contributed by atoms with van der Waals surface area (Å²) in [5, 5.41) is 0. The predicted molar refractivity (Wildman–Crippen MR) is 118 cm³/mol. The van der Waals surface area contributed by atoms with Crippen molar-refractivity contribution in [3.05, 3.63) is 71.0 Å². The molecule has 5 nitrogen and oxygen atoms in total. The van der Waals surface area contributed by atoms with Gasteiger partial charge < -0.3 is 9.80 Å². The Balaban J connectivity index is 1.33. The second-order valence-corrected chi connectivity index (χ2v) is 8.92. The van der Waals surface area contributed by atoms with Crippen LogP contribution in [0, 0.1) is 11.7 Å². The van der Waals surface area contributed by atoms with Gasteiger partial charge in [0.1, 0.15) is 5.82 Å². The van der Waals surface area contributed by atoms with Crippen LogP contribution in [0.3, 0.4) is 0 Å². The predicted octanol–water partition coefficient (Wildman–Crippen LogP) is 3.93. The smallest absolute Gasteiger partial charge is 0.341 e. The molecule has 2 saturated heterocycles. The molecular weight excluding hydrogens is 450 g/mol. The maximum absolute atomic E-state index is 14.0. The van der Waals surface area contributed by atoms with Crippen LogP contribution in [0.25, 0.3) is 0 Å². The average molecular weight is 478 g/mol. The monoisotopic (exact) mass is 477 g/mol. The zero-order valence-electron chi connectivity index (χ0n) is 18.7. The third kappa shape index (κ3) is 5.75. The summed E-state index contributed by atoms with van der Waals surface area (Å²) in [5.41, 5.74) is 0.248. The number of amides is 2. The molecule has 2 amide bonds. The summed E-state index contributed by atoms with van der Waals surface area (Å²) >= 11 is 0. The standard InChI is InChI=1S/C25H27F4N3O2/c26-22-8-2-1-6-19(22)16-30-9-4-10-31(12-11-30)24(34)20-14-23(33)32(17-20)15-18-5-3-7-21(13-18)25(27,28)29/h1-3,5-8,13,20H,4,9-12,14-17H2. The summed E-state index contributed by atoms with van der Waals surface area (Å²) in [4.78, 5) is 31.0. The maximum atomic E-state index is 14.0. The first-order chi connectivity index (χ1) is 16.2. The molecule has 0 N–H and O–H groups in total. The number of halogens is 4. The molecule has 34 heavy (non-hydrogen) atoms. The van der Waals surface area contributed by atoms with E-state index in [9.17, 15) is 27.2 Å². The lowest BCUT2D eigenvalue weighted by atomic mass is 10.1. The molecule has 0 bridgehead atoms. The second-order valence-electron chi connectivity index (χ2n) is 8.92. The average Bonchev–Trinajstić information content (AvgIpc) is 3.01. The molecule has 0 radical (unpaired) electrons. The van der Waals surface area contributed by atoms with Crippen LogP contribution in [0.1, 0.15) is 29.5 Å². The molecule has 182 valence electrons. The van der Waals surface area contributed by atoms with Crippen molar-refractivity contribution in [1.82, 2.24) is 14.7 Å². The number of benzene rings is 2. The van der Waals surface area contributed by atoms with Gasteiger partial charge in [-0.2, -0.15) is 13.2 Å². The van der Waals surface area contributed by atoms with Crippen molar-refractivity contribution in [1.29, 1.82) is 0 Å². The molecule has 2 aliphatic rings. The lowest BCUT2D eigenvalue weighted by molar-refractivity contribution is -0.137. The molecule has 0 aromatic heterocycles. The zero-order valence-corrected chi connectivity index (χ0v) is 18.7. The highest BCUT2D eigenvalue weighted by molar-refractivity contribution is 5.89. The number of nitrogens with zero attached hydrogens (tertiary/aromatic N) is 3. The topological polar surface area (TPSA) is 43.9 Å². The van der Waals surface area contributed by atoms with Crippen molar-refractivity contribution in [2.45, 2.75) is 32.1 Å². The highest BCUT2D eigenvalue weighted by Gasteiger charge is 2.37. The van der Waals surface area contributed by atoms with Crippen molar-refractivity contribution in [3.63, 3.8) is 0 Å². The molecule has 0 aliphatic carbocycles. The van der Waals surface area contributed by atoms with Crippen LogP contribution in [-0.2, 0) is 28.9 Å². The summed E-state index contributed by atoms with van der Waals surface area (Å²) in [5.74, 6) is -1.08. The van der Waals surface area contributed by atoms with E-state index in [4.69, 9.17) is 0 Å². The largest absolute Gasteiger partial charge is 0.416 e. The molecule has 2 heterocycles. The van der Waals surface area contributed by atoms with Gasteiger partial charge in [-0.15, -0.1) is 0 Å². The molecule has 1 atom stereocenters. The Morgan fingerprint density at radius 2 is 1.76 bits per heavy atom. The van der Waals surface area contributed by atoms with Gasteiger partial charge in [0.25, 0.3) is 0 Å². The van der Waals surface area contributed by atoms with E-state index in [1.54, 1.807) is 29.2 Å². The van der Waals surface area contributed by atoms with Gasteiger partial charge in [-0.25, -0.2) is 4.39 Å². The molecule has 4 rings (SSSR count). The summed E-state index contributed by atoms with van der Waals surface area (Å²) in [6, 6.07) is 11.6. The van der Waals surface area contributed by atoms with Gasteiger partial charge in [0.15, 0.2) is 0 Å². The molecule has 9 heteroatoms. The first-order valence-electron chi connectivity index (χ1n) is 11.4. The number of likely N-dealkylation sites (tertiary alicyclic amines) is 1. The summed E-state index contributed by atoms with van der Waals surface area (Å²) < 4.78 is 52.9. The normalized spacial score (nSPS) is 20.0. The number of rotatable bonds is 5. The molecule has 2 fully saturated rings. The Morgan fingerprint density at radius 3 is 2.53 bits per heavy atom. The van der Waals surface area contributed by atoms with Crippen molar-refractivity contribution >= 4 is 11.8 Å². The van der Waals surface area contributed by atoms with Crippen LogP contribution in [0.15, 0.2) is 48.5 Å². The SMILES string of the molecule is O=C1CC(C(=O)N2CCCN(Cc3ccccc3F)CC2)CN1Cc1cccc(C(F)(F)F)c1. The highest BCUT2D eigenvalue weighted by atomic mass is 19.4. The number of hydrogen-bond donors (Lipinski definition) is 0. The van der Waals surface area contributed by atoms with Crippen LogP contribution in [-0.4, -0.2) is 59.2 Å². The zero-order chi connectivity index (χ0) is 24.3. The van der Waals surface area contributed by atoms with E-state index in [1.165, 1.54) is 17.0 Å². The Hall–Kier alpha value is -2.94. The van der Waals surface area contributed by atoms with E-state index >= 15 is 0 Å². The number of alkyl halides is 3. The van der Waals surface area contributed by atoms with Crippen molar-refractivity contribution < 1.29 is 27.2 Å². The minimum absolute atomic E-state index is 0.0446. The molecule has 2 aromatic rings. The lowest BCUT2D eigenvalue weighted by Crippen LogP contribution is -2.39. The van der Waals surface area contributed by atoms with Gasteiger partial charge in [0.05, 0.1) is 11.5 Å². The second kappa shape index (κ2) is 10.1. The highest BCUT2D eigenvalue weighted by Crippen LogP contribution is 2.30. The Labute approximate surface area is 195 Å². The van der Waals surface area contributed by atoms with Crippen LogP contribution in [0.5, 0.6) is 0 Å². The van der Waals surface area contributed by atoms with Gasteiger partial charge in [0, 0.05) is 57.8 Å². The minimum atomic E-state index is -4.45. The van der Waals surface area contributed by atoms with E-state index < -0.39 is 17.7 Å². The van der Waals surface area contributed by atoms with Crippen LogP contribution < -0.4 is 0 Å². The third-order valence-electron chi connectivity index (χ3n) is 6.44. The molecular formula is C25H27F4N3O2. The van der Waals surface area contributed by atoms with Crippen molar-refractivity contribution in [2.75, 3.05) is 32.7 Å². The summed E-state index contributed by atoms with van der Waals surface area (Å²) in [7, 11) is 0. The molecule has 1 unspecified atom stereocenters. The third-order valence-corrected chi connectivity index (χ3v) is 6.44. The van der Waals surface area contributed by atoms with Gasteiger partial charge in [-0.1, -0.05) is 30.3 Å². The first kappa shape index (κ1) is 24.2. The van der Waals surface area contributed by atoms with Gasteiger partial charge >= 0.3 is 6.18 Å². The molecule has 0 saturated carbocycles. The molecule has 0 spiro atoms. The fraction of sp³-hybridized carbons (Fsp3) is 0.440. The van der Waals surface area contributed by atoms with Gasteiger partial charge in [0.2, 0.25) is 11.8 Å². The summed E-state index contributed by atoms with van der Waals surface area (Å²) in [6.07, 6.45) is -3.64. The Morgan fingerprint density at radius 1 is 0.971 bits per heavy atom. The van der Waals surface area contributed by atoms with Crippen LogP contribution in [0.2, 0.25) is 0 Å². The number of carbonyl (C=O) groups excluding carboxylic acids is 2. The molecule has 2 aliphatic heterocycles. The fourth-order valence-corrected chi connectivity index (χ4v) is 4.63. The minimum Gasteiger partial charge on any atom is -0.341 e. The van der Waals surface area contributed by atoms with Crippen molar-refractivity contribution in [2.24, 2.45) is 5.92 Å². The fourth-order valence-electron chi connectivity index (χ4n) is 4.63. The Bertz CT molecular complexity index is 1040. The van der Waals surface area contributed by atoms with Crippen molar-refractivity contribution in [3.8, 4) is 0 Å². The lowest BCUT2D eigenvalue weighted by Gasteiger charge is -2.25. The van der Waals surface area contributed by atoms with E-state index in [1.807, 2.05) is 0 Å². The summed E-state index contributed by atoms with van der Waals surface area (Å²) in [6.45, 7) is 3.11. The van der Waals surface area contributed by atoms with E-state index in [0.29, 0.717) is 37.3 Å². The molecule has 2 aromatic carbocycles. The van der Waals surface area contributed by atoms with E-state index in [-0.39, 0.29) is 37.1 Å².